The molecule has 0 N–H and O–H groups in total. The van der Waals surface area contributed by atoms with E-state index in [9.17, 15) is 0 Å². The number of benzene rings is 10. The molecule has 3 heterocycles. The molecule has 2 aliphatic carbocycles. The zero-order valence-corrected chi connectivity index (χ0v) is 37.2. The standard InChI is InChI=1S/C65H38N2O2/c1-3-15-39(16-4-1)43-30-34-58-52(37-43)62-63(69-58)61(40-17-5-2-6-18-40)66-64(67-62)50-24-14-28-59-60(50)51-36-44(31-33-57(51)68-59)41-19-13-20-42(35-41)45-29-32-49-48-23-9-12-27-55(48)65(56(49)38-45)53-25-10-7-21-46(53)47-22-8-11-26-54(47)65/h1-38H. The normalized spacial score (nSPS) is 13.0. The summed E-state index contributed by atoms with van der Waals surface area (Å²) in [6.07, 6.45) is 0. The SMILES string of the molecule is c1ccc(-c2ccc3oc4c(-c5ccccc5)nc(-c5cccc6oc7ccc(-c8cccc(-c9ccc%10c(c9)C9(c%11ccccc%11-c%11ccccc%119)c9ccccc9-%10)c8)cc7c56)nc4c3c2)cc1. The van der Waals surface area contributed by atoms with Gasteiger partial charge in [-0.15, -0.1) is 0 Å². The third-order valence-corrected chi connectivity index (χ3v) is 14.7. The Labute approximate surface area is 397 Å². The fourth-order valence-electron chi connectivity index (χ4n) is 11.7. The van der Waals surface area contributed by atoms with Crippen molar-refractivity contribution in [1.82, 2.24) is 9.97 Å². The van der Waals surface area contributed by atoms with Gasteiger partial charge in [-0.1, -0.05) is 188 Å². The van der Waals surface area contributed by atoms with Crippen LogP contribution >= 0.6 is 0 Å². The summed E-state index contributed by atoms with van der Waals surface area (Å²) in [6.45, 7) is 0. The molecular formula is C65H38N2O2. The lowest BCUT2D eigenvalue weighted by Gasteiger charge is -2.30. The molecule has 0 aliphatic heterocycles. The number of hydrogen-bond acceptors (Lipinski definition) is 4. The molecule has 0 saturated heterocycles. The van der Waals surface area contributed by atoms with E-state index in [2.05, 4.69) is 188 Å². The second-order valence-electron chi connectivity index (χ2n) is 18.3. The largest absolute Gasteiger partial charge is 0.456 e. The quantitative estimate of drug-likeness (QED) is 0.173. The zero-order chi connectivity index (χ0) is 45.2. The second kappa shape index (κ2) is 14.4. The average Bonchev–Trinajstić information content (AvgIpc) is 4.16. The molecule has 15 rings (SSSR count). The van der Waals surface area contributed by atoms with E-state index in [-0.39, 0.29) is 0 Å². The van der Waals surface area contributed by atoms with Crippen molar-refractivity contribution in [1.29, 1.82) is 0 Å². The molecule has 13 aromatic rings. The van der Waals surface area contributed by atoms with E-state index in [1.165, 1.54) is 50.1 Å². The first kappa shape index (κ1) is 38.0. The summed E-state index contributed by atoms with van der Waals surface area (Å²) >= 11 is 0. The van der Waals surface area contributed by atoms with Crippen LogP contribution in [-0.2, 0) is 5.41 Å². The van der Waals surface area contributed by atoms with Crippen LogP contribution in [0.4, 0.5) is 0 Å². The predicted octanol–water partition coefficient (Wildman–Crippen LogP) is 17.0. The average molecular weight is 879 g/mol. The van der Waals surface area contributed by atoms with Gasteiger partial charge in [0.15, 0.2) is 11.4 Å². The lowest BCUT2D eigenvalue weighted by atomic mass is 9.70. The van der Waals surface area contributed by atoms with Crippen molar-refractivity contribution in [2.24, 2.45) is 0 Å². The number of furan rings is 2. The van der Waals surface area contributed by atoms with Crippen LogP contribution in [-0.4, -0.2) is 9.97 Å². The van der Waals surface area contributed by atoms with Crippen molar-refractivity contribution in [3.8, 4) is 78.3 Å². The molecule has 0 fully saturated rings. The number of fused-ring (bicyclic) bond motifs is 16. The summed E-state index contributed by atoms with van der Waals surface area (Å²) in [7, 11) is 0. The van der Waals surface area contributed by atoms with Crippen molar-refractivity contribution in [2.75, 3.05) is 0 Å². The molecule has 1 spiro atoms. The van der Waals surface area contributed by atoms with Gasteiger partial charge in [0.2, 0.25) is 0 Å². The Balaban J connectivity index is 0.877. The second-order valence-corrected chi connectivity index (χ2v) is 18.3. The zero-order valence-electron chi connectivity index (χ0n) is 37.2. The summed E-state index contributed by atoms with van der Waals surface area (Å²) in [5.41, 5.74) is 23.4. The van der Waals surface area contributed by atoms with E-state index < -0.39 is 5.41 Å². The summed E-state index contributed by atoms with van der Waals surface area (Å²) < 4.78 is 13.2. The minimum Gasteiger partial charge on any atom is -0.456 e. The maximum atomic E-state index is 6.61. The molecule has 2 aliphatic rings. The van der Waals surface area contributed by atoms with Gasteiger partial charge in [0.25, 0.3) is 0 Å². The third kappa shape index (κ3) is 5.45. The van der Waals surface area contributed by atoms with Crippen LogP contribution in [0, 0.1) is 0 Å². The van der Waals surface area contributed by atoms with Gasteiger partial charge < -0.3 is 8.83 Å². The van der Waals surface area contributed by atoms with Crippen molar-refractivity contribution in [3.63, 3.8) is 0 Å². The van der Waals surface area contributed by atoms with Crippen LogP contribution in [0.2, 0.25) is 0 Å². The van der Waals surface area contributed by atoms with Crippen LogP contribution in [0.1, 0.15) is 22.3 Å². The first-order valence-electron chi connectivity index (χ1n) is 23.5. The van der Waals surface area contributed by atoms with Gasteiger partial charge in [0.05, 0.1) is 5.41 Å². The van der Waals surface area contributed by atoms with E-state index in [4.69, 9.17) is 18.8 Å². The molecule has 0 radical (unpaired) electrons. The summed E-state index contributed by atoms with van der Waals surface area (Å²) in [4.78, 5) is 10.7. The molecule has 4 nitrogen and oxygen atoms in total. The highest BCUT2D eigenvalue weighted by Gasteiger charge is 2.51. The van der Waals surface area contributed by atoms with Crippen molar-refractivity contribution >= 4 is 44.0 Å². The highest BCUT2D eigenvalue weighted by molar-refractivity contribution is 6.14. The maximum Gasteiger partial charge on any atom is 0.180 e. The van der Waals surface area contributed by atoms with Crippen LogP contribution < -0.4 is 0 Å². The number of nitrogens with zero attached hydrogens (tertiary/aromatic N) is 2. The molecule has 69 heavy (non-hydrogen) atoms. The third-order valence-electron chi connectivity index (χ3n) is 14.7. The lowest BCUT2D eigenvalue weighted by Crippen LogP contribution is -2.25. The van der Waals surface area contributed by atoms with Crippen LogP contribution in [0.15, 0.2) is 239 Å². The Bertz CT molecular complexity index is 4190. The Morgan fingerprint density at radius 2 is 0.797 bits per heavy atom. The fraction of sp³-hybridized carbons (Fsp3) is 0.0154. The Morgan fingerprint density at radius 1 is 0.304 bits per heavy atom. The first-order chi connectivity index (χ1) is 34.2. The summed E-state index contributed by atoms with van der Waals surface area (Å²) in [5.74, 6) is 0.610. The maximum absolute atomic E-state index is 6.61. The molecule has 10 aromatic carbocycles. The van der Waals surface area contributed by atoms with Crippen LogP contribution in [0.25, 0.3) is 122 Å². The molecule has 0 unspecified atom stereocenters. The van der Waals surface area contributed by atoms with Gasteiger partial charge in [-0.2, -0.15) is 0 Å². The van der Waals surface area contributed by atoms with E-state index in [0.717, 1.165) is 83.1 Å². The molecular weight excluding hydrogens is 841 g/mol. The minimum absolute atomic E-state index is 0.399. The topological polar surface area (TPSA) is 52.1 Å². The summed E-state index contributed by atoms with van der Waals surface area (Å²) in [6, 6.07) is 82.7. The smallest absolute Gasteiger partial charge is 0.180 e. The molecule has 0 atom stereocenters. The Kier molecular flexibility index (Phi) is 7.96. The highest BCUT2D eigenvalue weighted by atomic mass is 16.3. The minimum atomic E-state index is -0.399. The monoisotopic (exact) mass is 878 g/mol. The van der Waals surface area contributed by atoms with Crippen molar-refractivity contribution in [3.05, 3.63) is 253 Å². The molecule has 0 amide bonds. The molecule has 4 heteroatoms. The highest BCUT2D eigenvalue weighted by Crippen LogP contribution is 2.63. The van der Waals surface area contributed by atoms with Gasteiger partial charge in [-0.3, -0.25) is 0 Å². The van der Waals surface area contributed by atoms with Crippen LogP contribution in [0.3, 0.4) is 0 Å². The lowest BCUT2D eigenvalue weighted by molar-refractivity contribution is 0.667. The van der Waals surface area contributed by atoms with Crippen molar-refractivity contribution in [2.45, 2.75) is 5.41 Å². The molecule has 0 saturated carbocycles. The molecule has 3 aromatic heterocycles. The van der Waals surface area contributed by atoms with E-state index >= 15 is 0 Å². The molecule has 0 bridgehead atoms. The summed E-state index contributed by atoms with van der Waals surface area (Å²) in [5, 5.41) is 2.93. The van der Waals surface area contributed by atoms with Gasteiger partial charge in [-0.05, 0) is 120 Å². The number of aromatic nitrogens is 2. The van der Waals surface area contributed by atoms with Gasteiger partial charge in [0, 0.05) is 27.3 Å². The fourth-order valence-corrected chi connectivity index (χ4v) is 11.7. The van der Waals surface area contributed by atoms with E-state index in [1.807, 2.05) is 42.5 Å². The van der Waals surface area contributed by atoms with E-state index in [1.54, 1.807) is 0 Å². The van der Waals surface area contributed by atoms with Crippen LogP contribution in [0.5, 0.6) is 0 Å². The van der Waals surface area contributed by atoms with Gasteiger partial charge in [0.1, 0.15) is 28.0 Å². The number of hydrogen-bond donors (Lipinski definition) is 0. The molecule has 320 valence electrons. The van der Waals surface area contributed by atoms with Crippen molar-refractivity contribution < 1.29 is 8.83 Å². The Hall–Kier alpha value is -9.12. The predicted molar refractivity (Wildman–Crippen MR) is 280 cm³/mol. The van der Waals surface area contributed by atoms with E-state index in [0.29, 0.717) is 11.4 Å². The first-order valence-corrected chi connectivity index (χ1v) is 23.5. The van der Waals surface area contributed by atoms with Gasteiger partial charge >= 0.3 is 0 Å². The number of rotatable bonds is 5. The Morgan fingerprint density at radius 3 is 1.48 bits per heavy atom. The van der Waals surface area contributed by atoms with Gasteiger partial charge in [-0.25, -0.2) is 9.97 Å².